The van der Waals surface area contributed by atoms with E-state index in [4.69, 9.17) is 92.8 Å². The fourth-order valence-electron chi connectivity index (χ4n) is 1.63. The minimum atomic E-state index is -1.85. The predicted octanol–water partition coefficient (Wildman–Crippen LogP) is 6.48. The van der Waals surface area contributed by atoms with E-state index in [0.717, 1.165) is 0 Å². The van der Waals surface area contributed by atoms with Crippen molar-refractivity contribution in [2.24, 2.45) is 5.10 Å². The maximum Gasteiger partial charge on any atom is 0.250 e. The van der Waals surface area contributed by atoms with E-state index in [-0.39, 0.29) is 48.4 Å². The summed E-state index contributed by atoms with van der Waals surface area (Å²) in [6, 6.07) is 0. The topological polar surface area (TPSA) is 66.3 Å². The van der Waals surface area contributed by atoms with Gasteiger partial charge in [0, 0.05) is 19.7 Å². The number of hydrogen-bond donors (Lipinski definition) is 1. The molecule has 146 valence electrons. The molecule has 1 N–H and O–H groups in total. The van der Waals surface area contributed by atoms with Crippen molar-refractivity contribution in [1.82, 2.24) is 15.0 Å². The molecule has 0 unspecified atom stereocenters. The third-order valence-corrected chi connectivity index (χ3v) is 5.69. The van der Waals surface area contributed by atoms with Gasteiger partial charge in [0.1, 0.15) is 0 Å². The Labute approximate surface area is 194 Å². The second-order valence-corrected chi connectivity index (χ2v) is 9.20. The molecule has 0 aliphatic heterocycles. The van der Waals surface area contributed by atoms with Crippen LogP contribution in [0.1, 0.15) is 11.4 Å². The number of nitrogens with one attached hydrogen (secondary N) is 1. The molecule has 2 rings (SSSR count). The monoisotopic (exact) mass is 528 g/mol. The maximum atomic E-state index is 6.13. The van der Waals surface area contributed by atoms with Crippen molar-refractivity contribution in [3.8, 4) is 0 Å². The summed E-state index contributed by atoms with van der Waals surface area (Å²) < 4.78 is -1.85. The lowest BCUT2D eigenvalue weighted by molar-refractivity contribution is 0.881. The van der Waals surface area contributed by atoms with Gasteiger partial charge in [-0.1, -0.05) is 92.8 Å². The van der Waals surface area contributed by atoms with Crippen LogP contribution < -0.4 is 10.3 Å². The second kappa shape index (κ2) is 9.09. The van der Waals surface area contributed by atoms with Crippen molar-refractivity contribution in [2.45, 2.75) is 3.79 Å². The second-order valence-electron chi connectivity index (χ2n) is 5.03. The summed E-state index contributed by atoms with van der Waals surface area (Å²) in [7, 11) is 3.42. The Bertz CT molecular complexity index is 866. The highest BCUT2D eigenvalue weighted by atomic mass is 35.6. The molecule has 0 spiro atoms. The minimum absolute atomic E-state index is 0.0182. The third-order valence-electron chi connectivity index (χ3n) is 2.88. The lowest BCUT2D eigenvalue weighted by atomic mass is 10.2. The Morgan fingerprint density at radius 1 is 0.852 bits per heavy atom. The van der Waals surface area contributed by atoms with Crippen LogP contribution in [0, 0.1) is 0 Å². The standard InChI is InChI=1S/C13H8Cl8N6/c1-27(2)12-24-10(13(19,20)21)23-11(25-12)26-22-3-4-5(14)7(16)9(18)8(17)6(4)15/h3H,1-2H3,(H,23,24,25,26)/b22-3+. The Hall–Kier alpha value is -0.180. The number of halogens is 8. The fourth-order valence-corrected chi connectivity index (χ4v) is 3.14. The van der Waals surface area contributed by atoms with Crippen molar-refractivity contribution < 1.29 is 0 Å². The van der Waals surface area contributed by atoms with Crippen LogP contribution in [-0.2, 0) is 3.79 Å². The van der Waals surface area contributed by atoms with Gasteiger partial charge in [-0.25, -0.2) is 5.43 Å². The van der Waals surface area contributed by atoms with Crippen molar-refractivity contribution in [3.05, 3.63) is 36.5 Å². The van der Waals surface area contributed by atoms with Gasteiger partial charge in [-0.3, -0.25) is 0 Å². The van der Waals surface area contributed by atoms with Gasteiger partial charge in [-0.2, -0.15) is 20.1 Å². The van der Waals surface area contributed by atoms with E-state index in [9.17, 15) is 0 Å². The van der Waals surface area contributed by atoms with Crippen LogP contribution in [0.3, 0.4) is 0 Å². The molecule has 0 radical (unpaired) electrons. The molecule has 6 nitrogen and oxygen atoms in total. The average molecular weight is 532 g/mol. The molecule has 0 amide bonds. The van der Waals surface area contributed by atoms with Crippen LogP contribution in [0.25, 0.3) is 0 Å². The number of hydrazone groups is 1. The number of nitrogens with zero attached hydrogens (tertiary/aromatic N) is 5. The van der Waals surface area contributed by atoms with Crippen molar-refractivity contribution >= 4 is 111 Å². The first kappa shape index (κ1) is 23.1. The number of benzene rings is 1. The summed E-state index contributed by atoms with van der Waals surface area (Å²) in [5, 5.41) is 4.25. The van der Waals surface area contributed by atoms with E-state index in [1.165, 1.54) is 6.21 Å². The van der Waals surface area contributed by atoms with Gasteiger partial charge in [0.15, 0.2) is 5.82 Å². The Kier molecular flexibility index (Phi) is 7.78. The Balaban J connectivity index is 2.38. The van der Waals surface area contributed by atoms with Crippen molar-refractivity contribution in [3.63, 3.8) is 0 Å². The first-order valence-corrected chi connectivity index (χ1v) is 9.77. The first-order valence-electron chi connectivity index (χ1n) is 6.74. The highest BCUT2D eigenvalue weighted by Crippen LogP contribution is 2.43. The van der Waals surface area contributed by atoms with E-state index in [1.807, 2.05) is 0 Å². The van der Waals surface area contributed by atoms with E-state index >= 15 is 0 Å². The highest BCUT2D eigenvalue weighted by Gasteiger charge is 2.28. The van der Waals surface area contributed by atoms with Crippen LogP contribution in [0.2, 0.25) is 25.1 Å². The molecule has 1 aromatic heterocycles. The number of hydrogen-bond acceptors (Lipinski definition) is 6. The molecule has 1 aromatic carbocycles. The molecule has 27 heavy (non-hydrogen) atoms. The highest BCUT2D eigenvalue weighted by molar-refractivity contribution is 6.66. The molecule has 0 bridgehead atoms. The van der Waals surface area contributed by atoms with Crippen LogP contribution in [0.5, 0.6) is 0 Å². The van der Waals surface area contributed by atoms with Gasteiger partial charge in [0.2, 0.25) is 15.7 Å². The Morgan fingerprint density at radius 3 is 1.85 bits per heavy atom. The summed E-state index contributed by atoms with van der Waals surface area (Å²) >= 11 is 47.8. The van der Waals surface area contributed by atoms with E-state index < -0.39 is 3.79 Å². The van der Waals surface area contributed by atoms with Gasteiger partial charge in [0.25, 0.3) is 0 Å². The van der Waals surface area contributed by atoms with Gasteiger partial charge < -0.3 is 4.90 Å². The summed E-state index contributed by atoms with van der Waals surface area (Å²) in [6.07, 6.45) is 1.27. The quantitative estimate of drug-likeness (QED) is 0.161. The van der Waals surface area contributed by atoms with Gasteiger partial charge in [-0.05, 0) is 0 Å². The summed E-state index contributed by atoms with van der Waals surface area (Å²) in [5.74, 6) is 0.180. The smallest absolute Gasteiger partial charge is 0.250 e. The SMILES string of the molecule is CN(C)c1nc(N/N=C/c2c(Cl)c(Cl)c(Cl)c(Cl)c2Cl)nc(C(Cl)(Cl)Cl)n1. The molecule has 0 aliphatic carbocycles. The van der Waals surface area contributed by atoms with Gasteiger partial charge in [-0.15, -0.1) is 0 Å². The van der Waals surface area contributed by atoms with Crippen LogP contribution in [0.15, 0.2) is 5.10 Å². The zero-order valence-corrected chi connectivity index (χ0v) is 19.4. The first-order chi connectivity index (χ1) is 12.4. The summed E-state index contributed by atoms with van der Waals surface area (Å²) in [6.45, 7) is 0. The summed E-state index contributed by atoms with van der Waals surface area (Å²) in [4.78, 5) is 13.8. The zero-order chi connectivity index (χ0) is 20.5. The average Bonchev–Trinajstić information content (AvgIpc) is 2.60. The molecular weight excluding hydrogens is 524 g/mol. The van der Waals surface area contributed by atoms with Gasteiger partial charge in [0.05, 0.1) is 31.3 Å². The van der Waals surface area contributed by atoms with Crippen LogP contribution in [-0.4, -0.2) is 35.3 Å². The number of aromatic nitrogens is 3. The molecule has 2 aromatic rings. The molecule has 14 heteroatoms. The van der Waals surface area contributed by atoms with Gasteiger partial charge >= 0.3 is 0 Å². The van der Waals surface area contributed by atoms with Crippen LogP contribution >= 0.6 is 92.8 Å². The fraction of sp³-hybridized carbons (Fsp3) is 0.231. The lowest BCUT2D eigenvalue weighted by Gasteiger charge is -2.15. The largest absolute Gasteiger partial charge is 0.347 e. The predicted molar refractivity (Wildman–Crippen MR) is 116 cm³/mol. The number of anilines is 2. The molecule has 0 aliphatic rings. The van der Waals surface area contributed by atoms with E-state index in [2.05, 4.69) is 25.5 Å². The molecule has 0 atom stereocenters. The maximum absolute atomic E-state index is 6.13. The Morgan fingerprint density at radius 2 is 1.37 bits per heavy atom. The molecule has 0 fully saturated rings. The summed E-state index contributed by atoms with van der Waals surface area (Å²) in [5.41, 5.74) is 2.82. The van der Waals surface area contributed by atoms with E-state index in [1.54, 1.807) is 19.0 Å². The van der Waals surface area contributed by atoms with Crippen molar-refractivity contribution in [2.75, 3.05) is 24.4 Å². The normalized spacial score (nSPS) is 11.9. The number of alkyl halides is 3. The molecule has 1 heterocycles. The molecule has 0 saturated carbocycles. The van der Waals surface area contributed by atoms with Crippen molar-refractivity contribution in [1.29, 1.82) is 0 Å². The number of rotatable bonds is 4. The zero-order valence-electron chi connectivity index (χ0n) is 13.3. The minimum Gasteiger partial charge on any atom is -0.347 e. The van der Waals surface area contributed by atoms with E-state index in [0.29, 0.717) is 0 Å². The molecule has 0 saturated heterocycles. The lowest BCUT2D eigenvalue weighted by Crippen LogP contribution is -2.18. The molecular formula is C13H8Cl8N6. The third kappa shape index (κ3) is 5.46. The van der Waals surface area contributed by atoms with Crippen LogP contribution in [0.4, 0.5) is 11.9 Å².